The number of carbonyl (C=O) groups excluding carboxylic acids is 4. The topological polar surface area (TPSA) is 106 Å². The van der Waals surface area contributed by atoms with Crippen LogP contribution in [0.1, 0.15) is 62.4 Å². The van der Waals surface area contributed by atoms with E-state index in [-0.39, 0.29) is 35.0 Å². The third kappa shape index (κ3) is 3.91. The van der Waals surface area contributed by atoms with Gasteiger partial charge < -0.3 is 4.74 Å². The van der Waals surface area contributed by atoms with E-state index in [0.717, 1.165) is 0 Å². The van der Waals surface area contributed by atoms with Crippen LogP contribution in [0.4, 0.5) is 5.13 Å². The number of anilines is 1. The van der Waals surface area contributed by atoms with Gasteiger partial charge >= 0.3 is 5.97 Å². The van der Waals surface area contributed by atoms with Gasteiger partial charge in [0.2, 0.25) is 0 Å². The first-order chi connectivity index (χ1) is 13.5. The van der Waals surface area contributed by atoms with Crippen LogP contribution in [0, 0.1) is 6.92 Å². The maximum atomic E-state index is 12.7. The number of ether oxygens (including phenoxy) is 1. The third-order valence-electron chi connectivity index (χ3n) is 4.47. The molecule has 0 aliphatic carbocycles. The number of imide groups is 1. The van der Waals surface area contributed by atoms with Gasteiger partial charge in [0.25, 0.3) is 17.7 Å². The summed E-state index contributed by atoms with van der Waals surface area (Å²) in [5.74, 6) is -1.63. The normalized spacial score (nSPS) is 13.5. The number of methoxy groups -OCH3 is 1. The summed E-state index contributed by atoms with van der Waals surface area (Å²) in [6, 6.07) is 4.42. The van der Waals surface area contributed by atoms with Crippen molar-refractivity contribution in [2.45, 2.75) is 39.7 Å². The molecule has 152 valence electrons. The number of aromatic nitrogens is 1. The highest BCUT2D eigenvalue weighted by molar-refractivity contribution is 7.16. The van der Waals surface area contributed by atoms with Crippen LogP contribution in [0.25, 0.3) is 0 Å². The largest absolute Gasteiger partial charge is 0.469 e. The highest BCUT2D eigenvalue weighted by Crippen LogP contribution is 2.30. The Labute approximate surface area is 171 Å². The van der Waals surface area contributed by atoms with E-state index in [1.54, 1.807) is 27.7 Å². The van der Waals surface area contributed by atoms with Crippen LogP contribution in [-0.2, 0) is 16.0 Å². The van der Waals surface area contributed by atoms with E-state index >= 15 is 0 Å². The molecule has 0 atom stereocenters. The van der Waals surface area contributed by atoms with E-state index in [0.29, 0.717) is 15.7 Å². The van der Waals surface area contributed by atoms with Crippen LogP contribution in [0.15, 0.2) is 18.2 Å². The first kappa shape index (κ1) is 20.7. The average Bonchev–Trinajstić information content (AvgIpc) is 3.10. The van der Waals surface area contributed by atoms with Crippen LogP contribution in [-0.4, -0.2) is 46.2 Å². The van der Waals surface area contributed by atoms with Gasteiger partial charge in [-0.3, -0.25) is 29.4 Å². The molecular weight excluding hydrogens is 394 g/mol. The van der Waals surface area contributed by atoms with Crippen LogP contribution < -0.4 is 5.32 Å². The number of amides is 3. The van der Waals surface area contributed by atoms with Crippen LogP contribution in [0.3, 0.4) is 0 Å². The summed E-state index contributed by atoms with van der Waals surface area (Å²) in [6.07, 6.45) is 0.0773. The monoisotopic (exact) mass is 415 g/mol. The zero-order valence-electron chi connectivity index (χ0n) is 16.8. The molecule has 0 radical (unpaired) electrons. The van der Waals surface area contributed by atoms with Gasteiger partial charge in [-0.05, 0) is 45.9 Å². The summed E-state index contributed by atoms with van der Waals surface area (Å²) in [4.78, 5) is 55.5. The molecule has 8 nitrogen and oxygen atoms in total. The molecule has 1 aromatic heterocycles. The number of esters is 1. The Kier molecular flexibility index (Phi) is 5.27. The van der Waals surface area contributed by atoms with Gasteiger partial charge in [0.15, 0.2) is 5.13 Å². The van der Waals surface area contributed by atoms with Gasteiger partial charge in [-0.25, -0.2) is 4.98 Å². The standard InChI is InChI=1S/C20H21N3O5S/c1-10-14(9-15(24)28-5)29-19(21-10)22-16(25)11-6-7-12-13(8-11)18(27)23(17(12)26)20(2,3)4/h6-8H,9H2,1-5H3,(H,21,22,25). The Morgan fingerprint density at radius 1 is 1.17 bits per heavy atom. The predicted octanol–water partition coefficient (Wildman–Crippen LogP) is 2.81. The van der Waals surface area contributed by atoms with E-state index in [1.165, 1.54) is 41.5 Å². The minimum Gasteiger partial charge on any atom is -0.469 e. The number of hydrogen-bond acceptors (Lipinski definition) is 7. The van der Waals surface area contributed by atoms with E-state index in [1.807, 2.05) is 0 Å². The molecule has 0 saturated carbocycles. The first-order valence-corrected chi connectivity index (χ1v) is 9.72. The fourth-order valence-electron chi connectivity index (χ4n) is 3.01. The summed E-state index contributed by atoms with van der Waals surface area (Å²) >= 11 is 1.18. The van der Waals surface area contributed by atoms with Crippen LogP contribution in [0.5, 0.6) is 0 Å². The molecule has 2 aromatic rings. The fraction of sp³-hybridized carbons (Fsp3) is 0.350. The zero-order chi connectivity index (χ0) is 21.5. The molecule has 0 saturated heterocycles. The molecule has 0 unspecified atom stereocenters. The maximum absolute atomic E-state index is 12.7. The number of benzene rings is 1. The number of aryl methyl sites for hydroxylation is 1. The number of hydrogen-bond donors (Lipinski definition) is 1. The van der Waals surface area contributed by atoms with E-state index in [4.69, 9.17) is 0 Å². The van der Waals surface area contributed by atoms with Crippen molar-refractivity contribution in [1.29, 1.82) is 0 Å². The molecular formula is C20H21N3O5S. The molecule has 3 rings (SSSR count). The number of fused-ring (bicyclic) bond motifs is 1. The number of nitrogens with zero attached hydrogens (tertiary/aromatic N) is 2. The van der Waals surface area contributed by atoms with Gasteiger partial charge in [0, 0.05) is 16.0 Å². The minimum atomic E-state index is -0.663. The molecule has 2 heterocycles. The lowest BCUT2D eigenvalue weighted by molar-refractivity contribution is -0.139. The lowest BCUT2D eigenvalue weighted by Crippen LogP contribution is -2.45. The fourth-order valence-corrected chi connectivity index (χ4v) is 3.95. The van der Waals surface area contributed by atoms with Crippen molar-refractivity contribution >= 4 is 40.2 Å². The molecule has 1 aromatic carbocycles. The molecule has 29 heavy (non-hydrogen) atoms. The van der Waals surface area contributed by atoms with Gasteiger partial charge in [-0.15, -0.1) is 11.3 Å². The predicted molar refractivity (Wildman–Crippen MR) is 107 cm³/mol. The van der Waals surface area contributed by atoms with Crippen molar-refractivity contribution in [3.05, 3.63) is 45.5 Å². The van der Waals surface area contributed by atoms with E-state index < -0.39 is 17.4 Å². The maximum Gasteiger partial charge on any atom is 0.310 e. The van der Waals surface area contributed by atoms with Crippen molar-refractivity contribution < 1.29 is 23.9 Å². The first-order valence-electron chi connectivity index (χ1n) is 8.90. The highest BCUT2D eigenvalue weighted by atomic mass is 32.1. The SMILES string of the molecule is COC(=O)Cc1sc(NC(=O)c2ccc3c(c2)C(=O)N(C(C)(C)C)C3=O)nc1C. The van der Waals surface area contributed by atoms with Crippen molar-refractivity contribution in [3.63, 3.8) is 0 Å². The Balaban J connectivity index is 1.82. The lowest BCUT2D eigenvalue weighted by atomic mass is 10.1. The molecule has 1 N–H and O–H groups in total. The number of nitrogens with one attached hydrogen (secondary N) is 1. The third-order valence-corrected chi connectivity index (χ3v) is 5.54. The second-order valence-corrected chi connectivity index (χ2v) is 8.70. The molecule has 0 spiro atoms. The molecule has 3 amide bonds. The van der Waals surface area contributed by atoms with Gasteiger partial charge in [-0.1, -0.05) is 0 Å². The van der Waals surface area contributed by atoms with Gasteiger partial charge in [0.05, 0.1) is 30.4 Å². The average molecular weight is 415 g/mol. The van der Waals surface area contributed by atoms with Crippen LogP contribution in [0.2, 0.25) is 0 Å². The van der Waals surface area contributed by atoms with E-state index in [9.17, 15) is 19.2 Å². The summed E-state index contributed by atoms with van der Waals surface area (Å²) in [5, 5.41) is 3.01. The van der Waals surface area contributed by atoms with Gasteiger partial charge in [0.1, 0.15) is 0 Å². The Morgan fingerprint density at radius 3 is 2.45 bits per heavy atom. The van der Waals surface area contributed by atoms with Crippen molar-refractivity contribution in [2.75, 3.05) is 12.4 Å². The van der Waals surface area contributed by atoms with Crippen molar-refractivity contribution in [3.8, 4) is 0 Å². The minimum absolute atomic E-state index is 0.0773. The Hall–Kier alpha value is -3.07. The van der Waals surface area contributed by atoms with Gasteiger partial charge in [-0.2, -0.15) is 0 Å². The summed E-state index contributed by atoms with van der Waals surface area (Å²) in [6.45, 7) is 7.07. The smallest absolute Gasteiger partial charge is 0.310 e. The summed E-state index contributed by atoms with van der Waals surface area (Å²) in [5.41, 5.74) is 0.699. The van der Waals surface area contributed by atoms with Crippen molar-refractivity contribution in [2.24, 2.45) is 0 Å². The second kappa shape index (κ2) is 7.40. The summed E-state index contributed by atoms with van der Waals surface area (Å²) < 4.78 is 4.65. The molecule has 9 heteroatoms. The van der Waals surface area contributed by atoms with Crippen LogP contribution >= 0.6 is 11.3 Å². The Morgan fingerprint density at radius 2 is 1.83 bits per heavy atom. The lowest BCUT2D eigenvalue weighted by Gasteiger charge is -2.29. The molecule has 1 aliphatic heterocycles. The van der Waals surface area contributed by atoms with Crippen molar-refractivity contribution in [1.82, 2.24) is 9.88 Å². The molecule has 0 fully saturated rings. The number of rotatable bonds is 4. The summed E-state index contributed by atoms with van der Waals surface area (Å²) in [7, 11) is 1.31. The molecule has 0 bridgehead atoms. The second-order valence-electron chi connectivity index (χ2n) is 7.61. The quantitative estimate of drug-likeness (QED) is 0.608. The number of thiazole rings is 1. The highest BCUT2D eigenvalue weighted by Gasteiger charge is 2.42. The Bertz CT molecular complexity index is 1040. The zero-order valence-corrected chi connectivity index (χ0v) is 17.6. The molecule has 1 aliphatic rings. The number of carbonyl (C=O) groups is 4. The van der Waals surface area contributed by atoms with E-state index in [2.05, 4.69) is 15.0 Å².